The van der Waals surface area contributed by atoms with E-state index in [9.17, 15) is 9.00 Å². The first-order valence-corrected chi connectivity index (χ1v) is 11.7. The summed E-state index contributed by atoms with van der Waals surface area (Å²) in [6, 6.07) is 1.42. The van der Waals surface area contributed by atoms with Crippen LogP contribution < -0.4 is 15.2 Å². The van der Waals surface area contributed by atoms with Crippen molar-refractivity contribution >= 4 is 21.6 Å². The van der Waals surface area contributed by atoms with Gasteiger partial charge in [-0.2, -0.15) is 5.10 Å². The number of carbonyl (C=O) groups excluding carboxylic acids is 1. The number of fused-ring (bicyclic) bond motifs is 3. The van der Waals surface area contributed by atoms with Crippen LogP contribution in [-0.4, -0.2) is 40.3 Å². The quantitative estimate of drug-likeness (QED) is 0.771. The van der Waals surface area contributed by atoms with Gasteiger partial charge in [0, 0.05) is 12.8 Å². The number of nitrogens with zero attached hydrogens (tertiary/aromatic N) is 3. The number of urea groups is 1. The average Bonchev–Trinajstić information content (AvgIpc) is 3.37. The third kappa shape index (κ3) is 3.01. The molecule has 0 bridgehead atoms. The van der Waals surface area contributed by atoms with Gasteiger partial charge >= 0.3 is 6.03 Å². The molecule has 1 aromatic heterocycles. The van der Waals surface area contributed by atoms with Crippen molar-refractivity contribution in [2.24, 2.45) is 9.50 Å². The summed E-state index contributed by atoms with van der Waals surface area (Å²) in [6.45, 7) is 2.89. The maximum atomic E-state index is 13.1. The number of ether oxygens (including phenoxy) is 2. The molecule has 30 heavy (non-hydrogen) atoms. The fourth-order valence-electron chi connectivity index (χ4n) is 4.79. The molecule has 2 amide bonds. The minimum atomic E-state index is -3.52. The molecule has 0 radical (unpaired) electrons. The van der Waals surface area contributed by atoms with E-state index in [0.717, 1.165) is 31.4 Å². The summed E-state index contributed by atoms with van der Waals surface area (Å²) >= 11 is 0. The van der Waals surface area contributed by atoms with Crippen LogP contribution in [0.3, 0.4) is 0 Å². The van der Waals surface area contributed by atoms with Crippen molar-refractivity contribution in [3.05, 3.63) is 34.5 Å². The second-order valence-corrected chi connectivity index (χ2v) is 9.95. The molecule has 3 aliphatic rings. The summed E-state index contributed by atoms with van der Waals surface area (Å²) in [5.74, 6) is 0.660. The van der Waals surface area contributed by atoms with Crippen molar-refractivity contribution in [3.8, 4) is 5.88 Å². The molecule has 0 saturated heterocycles. The molecule has 0 spiro atoms. The number of hydrogen-bond donors (Lipinski definition) is 2. The minimum Gasteiger partial charge on any atom is -0.475 e. The summed E-state index contributed by atoms with van der Waals surface area (Å²) in [7, 11) is -1.93. The van der Waals surface area contributed by atoms with E-state index in [1.807, 2.05) is 0 Å². The molecule has 3 N–H and O–H groups in total. The van der Waals surface area contributed by atoms with Crippen LogP contribution in [0.4, 0.5) is 10.5 Å². The Bertz CT molecular complexity index is 1160. The van der Waals surface area contributed by atoms with Crippen LogP contribution in [0.5, 0.6) is 5.88 Å². The van der Waals surface area contributed by atoms with Crippen molar-refractivity contribution in [2.45, 2.75) is 49.5 Å². The Kier molecular flexibility index (Phi) is 4.60. The lowest BCUT2D eigenvalue weighted by molar-refractivity contribution is 0.145. The monoisotopic (exact) mass is 431 g/mol. The number of anilines is 1. The summed E-state index contributed by atoms with van der Waals surface area (Å²) in [5, 5.41) is 13.1. The highest BCUT2D eigenvalue weighted by atomic mass is 32.2. The van der Waals surface area contributed by atoms with Gasteiger partial charge in [0.2, 0.25) is 5.88 Å². The van der Waals surface area contributed by atoms with Crippen LogP contribution in [0, 0.1) is 0 Å². The maximum absolute atomic E-state index is 13.1. The first kappa shape index (κ1) is 19.5. The lowest BCUT2D eigenvalue weighted by Gasteiger charge is -2.31. The topological polar surface area (TPSA) is 121 Å². The molecule has 1 unspecified atom stereocenters. The number of aromatic nitrogens is 2. The lowest BCUT2D eigenvalue weighted by Crippen LogP contribution is -2.23. The molecule has 2 aromatic rings. The molecule has 1 aliphatic heterocycles. The van der Waals surface area contributed by atoms with Gasteiger partial charge in [-0.15, -0.1) is 4.36 Å². The van der Waals surface area contributed by atoms with E-state index < -0.39 is 15.9 Å². The number of carbonyl (C=O) groups is 1. The zero-order chi connectivity index (χ0) is 21.0. The van der Waals surface area contributed by atoms with Gasteiger partial charge in [-0.25, -0.2) is 18.8 Å². The highest BCUT2D eigenvalue weighted by Gasteiger charge is 2.33. The van der Waals surface area contributed by atoms with Crippen LogP contribution in [-0.2, 0) is 33.9 Å². The molecule has 2 aliphatic carbocycles. The molecule has 10 heteroatoms. The van der Waals surface area contributed by atoms with E-state index in [1.54, 1.807) is 11.8 Å². The third-order valence-corrected chi connectivity index (χ3v) is 7.49. The predicted molar refractivity (Wildman–Crippen MR) is 111 cm³/mol. The molecule has 1 aromatic carbocycles. The summed E-state index contributed by atoms with van der Waals surface area (Å²) in [6.07, 6.45) is 5.38. The largest absolute Gasteiger partial charge is 0.475 e. The van der Waals surface area contributed by atoms with Gasteiger partial charge < -0.3 is 14.8 Å². The van der Waals surface area contributed by atoms with Crippen LogP contribution in [0.25, 0.3) is 0 Å². The Balaban J connectivity index is 1.45. The molecule has 2 heterocycles. The first-order chi connectivity index (χ1) is 14.4. The summed E-state index contributed by atoms with van der Waals surface area (Å²) in [4.78, 5) is 12.9. The molecule has 5 rings (SSSR count). The number of amides is 2. The van der Waals surface area contributed by atoms with Gasteiger partial charge in [0.15, 0.2) is 9.92 Å². The Morgan fingerprint density at radius 2 is 2.30 bits per heavy atom. The van der Waals surface area contributed by atoms with Gasteiger partial charge in [0.1, 0.15) is 17.5 Å². The predicted octanol–water partition coefficient (Wildman–Crippen LogP) is 2.54. The molecule has 0 fully saturated rings. The number of aryl methyl sites for hydroxylation is 1. The summed E-state index contributed by atoms with van der Waals surface area (Å²) < 4.78 is 29.3. The third-order valence-electron chi connectivity index (χ3n) is 6.15. The highest BCUT2D eigenvalue weighted by molar-refractivity contribution is 7.91. The van der Waals surface area contributed by atoms with Crippen molar-refractivity contribution in [2.75, 3.05) is 25.6 Å². The van der Waals surface area contributed by atoms with E-state index >= 15 is 0 Å². The number of methoxy groups -OCH3 is 1. The van der Waals surface area contributed by atoms with Gasteiger partial charge in [0.25, 0.3) is 0 Å². The van der Waals surface area contributed by atoms with Crippen LogP contribution in [0.1, 0.15) is 47.6 Å². The van der Waals surface area contributed by atoms with E-state index in [2.05, 4.69) is 27.8 Å². The van der Waals surface area contributed by atoms with Crippen LogP contribution >= 0.6 is 0 Å². The second kappa shape index (κ2) is 7.07. The number of benzene rings is 1. The van der Waals surface area contributed by atoms with Gasteiger partial charge in [0.05, 0.1) is 12.8 Å². The second-order valence-electron chi connectivity index (χ2n) is 8.19. The Hall–Kier alpha value is -2.43. The molecule has 3 atom stereocenters. The lowest BCUT2D eigenvalue weighted by atomic mass is 9.75. The Morgan fingerprint density at radius 3 is 3.07 bits per heavy atom. The average molecular weight is 432 g/mol. The molecular formula is C20H25N5O4S. The number of rotatable bonds is 4. The van der Waals surface area contributed by atoms with Crippen molar-refractivity contribution in [1.82, 2.24) is 9.78 Å². The first-order valence-electron chi connectivity index (χ1n) is 10.1. The van der Waals surface area contributed by atoms with Crippen LogP contribution in [0.15, 0.2) is 21.5 Å². The zero-order valence-electron chi connectivity index (χ0n) is 17.0. The molecule has 160 valence electrons. The smallest absolute Gasteiger partial charge is 0.354 e. The fraction of sp³-hybridized carbons (Fsp3) is 0.500. The Labute approximate surface area is 175 Å². The molecule has 0 saturated carbocycles. The van der Waals surface area contributed by atoms with Gasteiger partial charge in [-0.3, -0.25) is 0 Å². The number of nitrogens with one attached hydrogen (secondary N) is 1. The normalized spacial score (nSPS) is 22.9. The van der Waals surface area contributed by atoms with Gasteiger partial charge in [-0.1, -0.05) is 13.0 Å². The zero-order valence-corrected chi connectivity index (χ0v) is 17.8. The van der Waals surface area contributed by atoms with E-state index in [-0.39, 0.29) is 16.8 Å². The minimum absolute atomic E-state index is 0.121. The Morgan fingerprint density at radius 1 is 1.47 bits per heavy atom. The SMILES string of the molecule is COC[C@@H]1COc2c(S(N)(=O)=NC(=O)Nc3c4c(cc5c3[C@@H](C)C5)CCC4)cnn21. The number of hydrogen-bond acceptors (Lipinski definition) is 5. The van der Waals surface area contributed by atoms with E-state index in [0.29, 0.717) is 19.1 Å². The van der Waals surface area contributed by atoms with E-state index in [4.69, 9.17) is 14.6 Å². The van der Waals surface area contributed by atoms with Crippen molar-refractivity contribution in [3.63, 3.8) is 0 Å². The standard InChI is InChI=1S/C20H25N5O4S/c1-11-6-13-7-12-4-3-5-15(12)18(17(11)13)23-20(26)24-30(21,27)16-8-22-25-14(9-28-2)10-29-19(16)25/h7-8,11,14H,3-6,9-10H2,1-2H3,(H3,21,23,24,26,27)/t11-,14+,30?/m0/s1. The van der Waals surface area contributed by atoms with E-state index in [1.165, 1.54) is 28.5 Å². The summed E-state index contributed by atoms with van der Waals surface area (Å²) in [5.41, 5.74) is 5.74. The van der Waals surface area contributed by atoms with Crippen molar-refractivity contribution in [1.29, 1.82) is 0 Å². The van der Waals surface area contributed by atoms with Crippen molar-refractivity contribution < 1.29 is 18.5 Å². The molecule has 9 nitrogen and oxygen atoms in total. The molecular weight excluding hydrogens is 406 g/mol. The van der Waals surface area contributed by atoms with Crippen LogP contribution in [0.2, 0.25) is 0 Å². The van der Waals surface area contributed by atoms with Gasteiger partial charge in [-0.05, 0) is 53.9 Å². The fourth-order valence-corrected chi connectivity index (χ4v) is 5.78. The maximum Gasteiger partial charge on any atom is 0.354 e. The highest BCUT2D eigenvalue weighted by Crippen LogP contribution is 2.45. The number of nitrogens with two attached hydrogens (primary N) is 1.